The Morgan fingerprint density at radius 3 is 2.69 bits per heavy atom. The summed E-state index contributed by atoms with van der Waals surface area (Å²) in [6, 6.07) is 16.6. The third-order valence-corrected chi connectivity index (χ3v) is 5.63. The molecule has 0 aliphatic carbocycles. The first-order valence-electron chi connectivity index (χ1n) is 11.3. The fraction of sp³-hybridized carbons (Fsp3) is 0.440. The van der Waals surface area contributed by atoms with Gasteiger partial charge >= 0.3 is 0 Å². The van der Waals surface area contributed by atoms with Gasteiger partial charge in [-0.2, -0.15) is 0 Å². The molecule has 1 saturated heterocycles. The molecule has 0 atom stereocenters. The molecule has 0 radical (unpaired) electrons. The van der Waals surface area contributed by atoms with Gasteiger partial charge in [0.1, 0.15) is 5.75 Å². The van der Waals surface area contributed by atoms with Crippen molar-refractivity contribution in [2.75, 3.05) is 26.2 Å². The van der Waals surface area contributed by atoms with Gasteiger partial charge in [0.05, 0.1) is 6.54 Å². The number of hydrogen-bond acceptors (Lipinski definition) is 4. The SMILES string of the molecule is CCNC(=NCc1cccc(OCC(N)=O)c1)NC1CCN(Cc2ccccc2C)CC1. The number of piperidine rings is 1. The summed E-state index contributed by atoms with van der Waals surface area (Å²) in [5.41, 5.74) is 8.93. The van der Waals surface area contributed by atoms with Crippen molar-refractivity contribution < 1.29 is 9.53 Å². The molecule has 1 heterocycles. The van der Waals surface area contributed by atoms with E-state index in [1.165, 1.54) is 11.1 Å². The number of nitrogens with two attached hydrogens (primary N) is 1. The number of carbonyl (C=O) groups excluding carboxylic acids is 1. The van der Waals surface area contributed by atoms with Crippen molar-refractivity contribution in [2.45, 2.75) is 45.8 Å². The van der Waals surface area contributed by atoms with E-state index in [0.29, 0.717) is 18.3 Å². The smallest absolute Gasteiger partial charge is 0.255 e. The molecule has 0 aromatic heterocycles. The van der Waals surface area contributed by atoms with E-state index in [9.17, 15) is 4.79 Å². The summed E-state index contributed by atoms with van der Waals surface area (Å²) >= 11 is 0. The number of likely N-dealkylation sites (tertiary alicyclic amines) is 1. The van der Waals surface area contributed by atoms with E-state index in [-0.39, 0.29) is 6.61 Å². The number of ether oxygens (including phenoxy) is 1. The van der Waals surface area contributed by atoms with Gasteiger partial charge < -0.3 is 21.1 Å². The fourth-order valence-corrected chi connectivity index (χ4v) is 3.84. The largest absolute Gasteiger partial charge is 0.484 e. The maximum Gasteiger partial charge on any atom is 0.255 e. The molecule has 1 fully saturated rings. The molecule has 3 rings (SSSR count). The average molecular weight is 438 g/mol. The molecule has 7 nitrogen and oxygen atoms in total. The molecule has 32 heavy (non-hydrogen) atoms. The third kappa shape index (κ3) is 7.57. The third-order valence-electron chi connectivity index (χ3n) is 5.63. The van der Waals surface area contributed by atoms with E-state index in [1.807, 2.05) is 24.3 Å². The molecule has 0 unspecified atom stereocenters. The van der Waals surface area contributed by atoms with Crippen molar-refractivity contribution in [2.24, 2.45) is 10.7 Å². The minimum atomic E-state index is -0.489. The lowest BCUT2D eigenvalue weighted by atomic mass is 10.0. The summed E-state index contributed by atoms with van der Waals surface area (Å²) in [7, 11) is 0. The summed E-state index contributed by atoms with van der Waals surface area (Å²) in [5, 5.41) is 6.94. The first kappa shape index (κ1) is 23.6. The number of amides is 1. The number of nitrogens with one attached hydrogen (secondary N) is 2. The maximum atomic E-state index is 10.9. The van der Waals surface area contributed by atoms with Crippen LogP contribution in [0.5, 0.6) is 5.75 Å². The molecular weight excluding hydrogens is 402 g/mol. The lowest BCUT2D eigenvalue weighted by molar-refractivity contribution is -0.119. The minimum Gasteiger partial charge on any atom is -0.484 e. The highest BCUT2D eigenvalue weighted by Gasteiger charge is 2.20. The van der Waals surface area contributed by atoms with Crippen LogP contribution in [-0.2, 0) is 17.9 Å². The van der Waals surface area contributed by atoms with Crippen LogP contribution in [0, 0.1) is 6.92 Å². The number of carbonyl (C=O) groups is 1. The van der Waals surface area contributed by atoms with Crippen LogP contribution in [0.15, 0.2) is 53.5 Å². The molecule has 0 spiro atoms. The Morgan fingerprint density at radius 2 is 1.97 bits per heavy atom. The van der Waals surface area contributed by atoms with E-state index in [4.69, 9.17) is 15.5 Å². The van der Waals surface area contributed by atoms with Crippen LogP contribution in [0.2, 0.25) is 0 Å². The lowest BCUT2D eigenvalue weighted by Crippen LogP contribution is -2.48. The zero-order valence-electron chi connectivity index (χ0n) is 19.1. The Balaban J connectivity index is 1.51. The Hall–Kier alpha value is -3.06. The number of nitrogens with zero attached hydrogens (tertiary/aromatic N) is 2. The zero-order chi connectivity index (χ0) is 22.8. The maximum absolute atomic E-state index is 10.9. The van der Waals surface area contributed by atoms with Gasteiger partial charge in [-0.1, -0.05) is 36.4 Å². The van der Waals surface area contributed by atoms with Gasteiger partial charge in [0.25, 0.3) is 5.91 Å². The van der Waals surface area contributed by atoms with Gasteiger partial charge in [-0.3, -0.25) is 9.69 Å². The van der Waals surface area contributed by atoms with Crippen molar-refractivity contribution in [3.05, 3.63) is 65.2 Å². The van der Waals surface area contributed by atoms with Gasteiger partial charge in [0, 0.05) is 32.2 Å². The number of rotatable bonds is 9. The number of guanidine groups is 1. The number of benzene rings is 2. The van der Waals surface area contributed by atoms with Gasteiger partial charge in [0.2, 0.25) is 0 Å². The molecule has 0 saturated carbocycles. The highest BCUT2D eigenvalue weighted by atomic mass is 16.5. The molecule has 0 bridgehead atoms. The van der Waals surface area contributed by atoms with Crippen molar-refractivity contribution >= 4 is 11.9 Å². The minimum absolute atomic E-state index is 0.126. The van der Waals surface area contributed by atoms with Crippen molar-refractivity contribution in [1.82, 2.24) is 15.5 Å². The standard InChI is InChI=1S/C25H35N5O2/c1-3-27-25(28-16-20-8-6-10-23(15-20)32-18-24(26)31)29-22-11-13-30(14-12-22)17-21-9-5-4-7-19(21)2/h4-10,15,22H,3,11-14,16-18H2,1-2H3,(H2,26,31)(H2,27,28,29). The molecular formula is C25H35N5O2. The Bertz CT molecular complexity index is 907. The Labute approximate surface area is 191 Å². The van der Waals surface area contributed by atoms with E-state index in [1.54, 1.807) is 0 Å². The van der Waals surface area contributed by atoms with Crippen molar-refractivity contribution in [1.29, 1.82) is 0 Å². The fourth-order valence-electron chi connectivity index (χ4n) is 3.84. The van der Waals surface area contributed by atoms with E-state index in [0.717, 1.165) is 50.5 Å². The predicted octanol–water partition coefficient (Wildman–Crippen LogP) is 2.58. The second-order valence-corrected chi connectivity index (χ2v) is 8.22. The van der Waals surface area contributed by atoms with Crippen LogP contribution < -0.4 is 21.1 Å². The van der Waals surface area contributed by atoms with Crippen LogP contribution >= 0.6 is 0 Å². The normalized spacial score (nSPS) is 15.4. The van der Waals surface area contributed by atoms with Gasteiger partial charge in [0.15, 0.2) is 12.6 Å². The van der Waals surface area contributed by atoms with Crippen LogP contribution in [0.3, 0.4) is 0 Å². The van der Waals surface area contributed by atoms with Crippen LogP contribution in [-0.4, -0.2) is 49.0 Å². The second-order valence-electron chi connectivity index (χ2n) is 8.22. The predicted molar refractivity (Wildman–Crippen MR) is 129 cm³/mol. The number of aryl methyl sites for hydroxylation is 1. The first-order valence-corrected chi connectivity index (χ1v) is 11.3. The van der Waals surface area contributed by atoms with Crippen LogP contribution in [0.25, 0.3) is 0 Å². The second kappa shape index (κ2) is 12.1. The van der Waals surface area contributed by atoms with Gasteiger partial charge in [-0.15, -0.1) is 0 Å². The summed E-state index contributed by atoms with van der Waals surface area (Å²) in [5.74, 6) is 0.959. The molecule has 1 aliphatic heterocycles. The Morgan fingerprint density at radius 1 is 1.19 bits per heavy atom. The summed E-state index contributed by atoms with van der Waals surface area (Å²) < 4.78 is 5.38. The molecule has 4 N–H and O–H groups in total. The summed E-state index contributed by atoms with van der Waals surface area (Å²) in [6.45, 7) is 8.62. The quantitative estimate of drug-likeness (QED) is 0.414. The highest BCUT2D eigenvalue weighted by molar-refractivity contribution is 5.80. The summed E-state index contributed by atoms with van der Waals surface area (Å²) in [4.78, 5) is 18.2. The topological polar surface area (TPSA) is 92.0 Å². The molecule has 7 heteroatoms. The van der Waals surface area contributed by atoms with Gasteiger partial charge in [-0.05, 0) is 55.5 Å². The molecule has 1 amide bonds. The monoisotopic (exact) mass is 437 g/mol. The van der Waals surface area contributed by atoms with Crippen molar-refractivity contribution in [3.63, 3.8) is 0 Å². The first-order chi connectivity index (χ1) is 15.5. The average Bonchev–Trinajstić information content (AvgIpc) is 2.79. The molecule has 1 aliphatic rings. The molecule has 2 aromatic carbocycles. The lowest BCUT2D eigenvalue weighted by Gasteiger charge is -2.33. The zero-order valence-corrected chi connectivity index (χ0v) is 19.1. The van der Waals surface area contributed by atoms with E-state index >= 15 is 0 Å². The number of hydrogen-bond donors (Lipinski definition) is 3. The van der Waals surface area contributed by atoms with Crippen LogP contribution in [0.4, 0.5) is 0 Å². The van der Waals surface area contributed by atoms with E-state index < -0.39 is 5.91 Å². The van der Waals surface area contributed by atoms with E-state index in [2.05, 4.69) is 53.6 Å². The summed E-state index contributed by atoms with van der Waals surface area (Å²) in [6.07, 6.45) is 2.18. The highest BCUT2D eigenvalue weighted by Crippen LogP contribution is 2.17. The van der Waals surface area contributed by atoms with Gasteiger partial charge in [-0.25, -0.2) is 4.99 Å². The number of aliphatic imine (C=N–C) groups is 1. The molecule has 2 aromatic rings. The van der Waals surface area contributed by atoms with Crippen LogP contribution in [0.1, 0.15) is 36.5 Å². The Kier molecular flexibility index (Phi) is 8.92. The number of primary amides is 1. The van der Waals surface area contributed by atoms with Crippen molar-refractivity contribution in [3.8, 4) is 5.75 Å². The molecule has 172 valence electrons.